The molecular formula is C14H19N5O2. The van der Waals surface area contributed by atoms with Crippen LogP contribution in [0, 0.1) is 0 Å². The molecule has 0 spiro atoms. The van der Waals surface area contributed by atoms with Gasteiger partial charge in [-0.05, 0) is 24.1 Å². The first-order chi connectivity index (χ1) is 10.1. The molecule has 1 amide bonds. The normalized spacial score (nSPS) is 12.1. The van der Waals surface area contributed by atoms with Crippen LogP contribution in [-0.4, -0.2) is 38.4 Å². The highest BCUT2D eigenvalue weighted by Crippen LogP contribution is 2.10. The maximum atomic E-state index is 11.9. The van der Waals surface area contributed by atoms with Gasteiger partial charge in [-0.1, -0.05) is 12.1 Å². The molecule has 0 saturated carbocycles. The van der Waals surface area contributed by atoms with Crippen LogP contribution in [0.2, 0.25) is 0 Å². The molecule has 0 aliphatic heterocycles. The van der Waals surface area contributed by atoms with Crippen molar-refractivity contribution in [3.05, 3.63) is 42.0 Å². The van der Waals surface area contributed by atoms with Crippen molar-refractivity contribution >= 4 is 5.91 Å². The number of aryl methyl sites for hydroxylation is 1. The third-order valence-corrected chi connectivity index (χ3v) is 3.18. The highest BCUT2D eigenvalue weighted by molar-refractivity contribution is 5.81. The average Bonchev–Trinajstić information content (AvgIpc) is 2.87. The van der Waals surface area contributed by atoms with Gasteiger partial charge in [0.1, 0.15) is 17.9 Å². The van der Waals surface area contributed by atoms with Crippen molar-refractivity contribution < 1.29 is 9.90 Å². The van der Waals surface area contributed by atoms with Crippen molar-refractivity contribution in [1.82, 2.24) is 20.1 Å². The fourth-order valence-corrected chi connectivity index (χ4v) is 1.94. The molecule has 2 aromatic rings. The van der Waals surface area contributed by atoms with Crippen molar-refractivity contribution in [2.75, 3.05) is 6.54 Å². The van der Waals surface area contributed by atoms with Crippen LogP contribution in [0.25, 0.3) is 0 Å². The SMILES string of the molecule is Cn1cnnc1CCNC(=O)[C@@H](N)Cc1ccc(O)cc1. The van der Waals surface area contributed by atoms with Crippen molar-refractivity contribution in [3.8, 4) is 5.75 Å². The molecule has 1 atom stereocenters. The molecule has 0 saturated heterocycles. The molecular weight excluding hydrogens is 270 g/mol. The Balaban J connectivity index is 1.77. The number of amides is 1. The first kappa shape index (κ1) is 15.0. The van der Waals surface area contributed by atoms with E-state index < -0.39 is 6.04 Å². The summed E-state index contributed by atoms with van der Waals surface area (Å²) in [6, 6.07) is 6.04. The lowest BCUT2D eigenvalue weighted by Gasteiger charge is -2.12. The first-order valence-corrected chi connectivity index (χ1v) is 6.70. The van der Waals surface area contributed by atoms with Gasteiger partial charge >= 0.3 is 0 Å². The Morgan fingerprint density at radius 3 is 2.76 bits per heavy atom. The number of rotatable bonds is 6. The van der Waals surface area contributed by atoms with E-state index in [2.05, 4.69) is 15.5 Å². The summed E-state index contributed by atoms with van der Waals surface area (Å²) in [6.07, 6.45) is 2.65. The van der Waals surface area contributed by atoms with Gasteiger partial charge in [0.05, 0.1) is 6.04 Å². The van der Waals surface area contributed by atoms with Gasteiger partial charge in [-0.3, -0.25) is 4.79 Å². The Morgan fingerprint density at radius 1 is 1.43 bits per heavy atom. The zero-order valence-corrected chi connectivity index (χ0v) is 11.9. The highest BCUT2D eigenvalue weighted by atomic mass is 16.3. The molecule has 0 radical (unpaired) electrons. The van der Waals surface area contributed by atoms with Gasteiger partial charge in [0, 0.05) is 20.0 Å². The minimum atomic E-state index is -0.617. The zero-order valence-electron chi connectivity index (χ0n) is 11.9. The second-order valence-corrected chi connectivity index (χ2v) is 4.88. The molecule has 1 aromatic heterocycles. The summed E-state index contributed by atoms with van der Waals surface area (Å²) in [4.78, 5) is 11.9. The van der Waals surface area contributed by atoms with E-state index in [4.69, 9.17) is 5.73 Å². The lowest BCUT2D eigenvalue weighted by atomic mass is 10.1. The van der Waals surface area contributed by atoms with E-state index in [1.807, 2.05) is 11.6 Å². The van der Waals surface area contributed by atoms with Gasteiger partial charge in [-0.2, -0.15) is 0 Å². The maximum absolute atomic E-state index is 11.9. The molecule has 4 N–H and O–H groups in total. The number of hydrogen-bond acceptors (Lipinski definition) is 5. The molecule has 112 valence electrons. The highest BCUT2D eigenvalue weighted by Gasteiger charge is 2.14. The largest absolute Gasteiger partial charge is 0.508 e. The quantitative estimate of drug-likeness (QED) is 0.680. The van der Waals surface area contributed by atoms with E-state index in [0.717, 1.165) is 11.4 Å². The molecule has 1 aromatic carbocycles. The van der Waals surface area contributed by atoms with E-state index >= 15 is 0 Å². The minimum Gasteiger partial charge on any atom is -0.508 e. The number of aromatic nitrogens is 3. The van der Waals surface area contributed by atoms with Crippen LogP contribution in [0.4, 0.5) is 0 Å². The van der Waals surface area contributed by atoms with Gasteiger partial charge in [-0.15, -0.1) is 10.2 Å². The lowest BCUT2D eigenvalue weighted by molar-refractivity contribution is -0.122. The minimum absolute atomic E-state index is 0.195. The van der Waals surface area contributed by atoms with Crippen LogP contribution >= 0.6 is 0 Å². The summed E-state index contributed by atoms with van der Waals surface area (Å²) in [5.74, 6) is 0.799. The molecule has 0 aliphatic rings. The predicted molar refractivity (Wildman–Crippen MR) is 77.5 cm³/mol. The Bertz CT molecular complexity index is 594. The number of nitrogens with two attached hydrogens (primary N) is 1. The summed E-state index contributed by atoms with van der Waals surface area (Å²) in [5.41, 5.74) is 6.78. The van der Waals surface area contributed by atoms with Gasteiger partial charge < -0.3 is 20.7 Å². The molecule has 0 aliphatic carbocycles. The number of hydrogen-bond donors (Lipinski definition) is 3. The molecule has 0 unspecified atom stereocenters. The van der Waals surface area contributed by atoms with Crippen LogP contribution in [0.5, 0.6) is 5.75 Å². The van der Waals surface area contributed by atoms with E-state index in [9.17, 15) is 9.90 Å². The fraction of sp³-hybridized carbons (Fsp3) is 0.357. The molecule has 0 fully saturated rings. The van der Waals surface area contributed by atoms with E-state index in [0.29, 0.717) is 19.4 Å². The van der Waals surface area contributed by atoms with Crippen molar-refractivity contribution in [3.63, 3.8) is 0 Å². The molecule has 7 heteroatoms. The zero-order chi connectivity index (χ0) is 15.2. The Kier molecular flexibility index (Phi) is 4.89. The third kappa shape index (κ3) is 4.28. The molecule has 21 heavy (non-hydrogen) atoms. The van der Waals surface area contributed by atoms with Crippen LogP contribution in [0.3, 0.4) is 0 Å². The van der Waals surface area contributed by atoms with Crippen LogP contribution in [-0.2, 0) is 24.7 Å². The number of carbonyl (C=O) groups is 1. The van der Waals surface area contributed by atoms with E-state index in [-0.39, 0.29) is 11.7 Å². The number of benzene rings is 1. The lowest BCUT2D eigenvalue weighted by Crippen LogP contribution is -2.42. The van der Waals surface area contributed by atoms with Crippen LogP contribution in [0.15, 0.2) is 30.6 Å². The summed E-state index contributed by atoms with van der Waals surface area (Å²) in [6.45, 7) is 0.467. The Morgan fingerprint density at radius 2 is 2.14 bits per heavy atom. The predicted octanol–water partition coefficient (Wildman–Crippen LogP) is -0.251. The Labute approximate surface area is 122 Å². The van der Waals surface area contributed by atoms with Gasteiger partial charge in [0.2, 0.25) is 5.91 Å². The van der Waals surface area contributed by atoms with Gasteiger partial charge in [-0.25, -0.2) is 0 Å². The van der Waals surface area contributed by atoms with Crippen molar-refractivity contribution in [2.45, 2.75) is 18.9 Å². The number of phenols is 1. The molecule has 0 bridgehead atoms. The standard InChI is InChI=1S/C14H19N5O2/c1-19-9-17-18-13(19)6-7-16-14(21)12(15)8-10-2-4-11(20)5-3-10/h2-5,9,12,20H,6-8,15H2,1H3,(H,16,21)/t12-/m0/s1. The third-order valence-electron chi connectivity index (χ3n) is 3.18. The summed E-state index contributed by atoms with van der Waals surface area (Å²) in [5, 5.41) is 19.7. The number of carbonyl (C=O) groups excluding carboxylic acids is 1. The second kappa shape index (κ2) is 6.85. The summed E-state index contributed by atoms with van der Waals surface area (Å²) >= 11 is 0. The van der Waals surface area contributed by atoms with E-state index in [1.54, 1.807) is 30.6 Å². The summed E-state index contributed by atoms with van der Waals surface area (Å²) < 4.78 is 1.81. The van der Waals surface area contributed by atoms with Gasteiger partial charge in [0.25, 0.3) is 0 Å². The number of phenolic OH excluding ortho intramolecular Hbond substituents is 1. The van der Waals surface area contributed by atoms with Crippen molar-refractivity contribution in [1.29, 1.82) is 0 Å². The van der Waals surface area contributed by atoms with E-state index in [1.165, 1.54) is 0 Å². The van der Waals surface area contributed by atoms with Crippen LogP contribution < -0.4 is 11.1 Å². The molecule has 1 heterocycles. The fourth-order valence-electron chi connectivity index (χ4n) is 1.94. The van der Waals surface area contributed by atoms with Gasteiger partial charge in [0.15, 0.2) is 0 Å². The topological polar surface area (TPSA) is 106 Å². The number of nitrogens with one attached hydrogen (secondary N) is 1. The smallest absolute Gasteiger partial charge is 0.237 e. The number of nitrogens with zero attached hydrogens (tertiary/aromatic N) is 3. The average molecular weight is 289 g/mol. The first-order valence-electron chi connectivity index (χ1n) is 6.70. The van der Waals surface area contributed by atoms with Crippen LogP contribution in [0.1, 0.15) is 11.4 Å². The summed E-state index contributed by atoms with van der Waals surface area (Å²) in [7, 11) is 1.85. The monoisotopic (exact) mass is 289 g/mol. The number of aromatic hydroxyl groups is 1. The Hall–Kier alpha value is -2.41. The second-order valence-electron chi connectivity index (χ2n) is 4.88. The van der Waals surface area contributed by atoms with Crippen molar-refractivity contribution in [2.24, 2.45) is 12.8 Å². The maximum Gasteiger partial charge on any atom is 0.237 e. The molecule has 7 nitrogen and oxygen atoms in total. The molecule has 2 rings (SSSR count).